The minimum absolute atomic E-state index is 0.0284. The summed E-state index contributed by atoms with van der Waals surface area (Å²) in [7, 11) is 1.68. The van der Waals surface area contributed by atoms with Crippen LogP contribution in [0.1, 0.15) is 36.7 Å². The highest BCUT2D eigenvalue weighted by molar-refractivity contribution is 5.14. The number of aryl methyl sites for hydroxylation is 1. The van der Waals surface area contributed by atoms with E-state index in [4.69, 9.17) is 4.74 Å². The first-order valence-corrected chi connectivity index (χ1v) is 5.38. The highest BCUT2D eigenvalue weighted by Gasteiger charge is 2.25. The van der Waals surface area contributed by atoms with E-state index in [0.29, 0.717) is 12.5 Å². The number of methoxy groups -OCH3 is 1. The Bertz CT molecular complexity index is 382. The summed E-state index contributed by atoms with van der Waals surface area (Å²) in [6.45, 7) is 0.706. The zero-order valence-corrected chi connectivity index (χ0v) is 8.95. The molecule has 1 heterocycles. The predicted octanol–water partition coefficient (Wildman–Crippen LogP) is 1.23. The summed E-state index contributed by atoms with van der Waals surface area (Å²) in [6, 6.07) is 1.62. The molecular weight excluding hydrogens is 192 g/mol. The second kappa shape index (κ2) is 4.57. The standard InChI is InChI=1S/C11H16N2O2/c1-15-6-2-3-10-12-9(8-4-5-8)7-11(14)13-10/h7-8H,2-6H2,1H3,(H,12,13,14). The number of aromatic amines is 1. The Balaban J connectivity index is 2.06. The van der Waals surface area contributed by atoms with Gasteiger partial charge in [0, 0.05) is 32.1 Å². The summed E-state index contributed by atoms with van der Waals surface area (Å²) in [4.78, 5) is 18.6. The minimum atomic E-state index is -0.0284. The maximum atomic E-state index is 11.3. The van der Waals surface area contributed by atoms with Crippen molar-refractivity contribution in [2.75, 3.05) is 13.7 Å². The van der Waals surface area contributed by atoms with Crippen LogP contribution in [0.4, 0.5) is 0 Å². The third-order valence-electron chi connectivity index (χ3n) is 2.57. The third kappa shape index (κ3) is 2.89. The van der Waals surface area contributed by atoms with Crippen molar-refractivity contribution in [2.24, 2.45) is 0 Å². The van der Waals surface area contributed by atoms with E-state index in [1.54, 1.807) is 13.2 Å². The third-order valence-corrected chi connectivity index (χ3v) is 2.57. The molecule has 1 fully saturated rings. The fraction of sp³-hybridized carbons (Fsp3) is 0.636. The number of aromatic nitrogens is 2. The summed E-state index contributed by atoms with van der Waals surface area (Å²) >= 11 is 0. The quantitative estimate of drug-likeness (QED) is 0.740. The highest BCUT2D eigenvalue weighted by Crippen LogP contribution is 2.38. The van der Waals surface area contributed by atoms with E-state index in [0.717, 1.165) is 24.4 Å². The molecule has 1 aromatic heterocycles. The lowest BCUT2D eigenvalue weighted by atomic mass is 10.2. The van der Waals surface area contributed by atoms with Crippen LogP contribution in [-0.4, -0.2) is 23.7 Å². The van der Waals surface area contributed by atoms with E-state index in [1.807, 2.05) is 0 Å². The smallest absolute Gasteiger partial charge is 0.251 e. The zero-order valence-electron chi connectivity index (χ0n) is 8.95. The molecule has 1 aliphatic carbocycles. The Hall–Kier alpha value is -1.16. The molecule has 1 saturated carbocycles. The molecular formula is C11H16N2O2. The lowest BCUT2D eigenvalue weighted by molar-refractivity contribution is 0.194. The maximum absolute atomic E-state index is 11.3. The van der Waals surface area contributed by atoms with Gasteiger partial charge < -0.3 is 9.72 Å². The Labute approximate surface area is 88.7 Å². The van der Waals surface area contributed by atoms with Gasteiger partial charge in [0.25, 0.3) is 5.56 Å². The van der Waals surface area contributed by atoms with Crippen molar-refractivity contribution in [3.8, 4) is 0 Å². The number of nitrogens with one attached hydrogen (secondary N) is 1. The van der Waals surface area contributed by atoms with E-state index >= 15 is 0 Å². The Morgan fingerprint density at radius 1 is 1.60 bits per heavy atom. The van der Waals surface area contributed by atoms with Crippen LogP contribution in [0.25, 0.3) is 0 Å². The van der Waals surface area contributed by atoms with Crippen molar-refractivity contribution in [3.05, 3.63) is 27.9 Å². The van der Waals surface area contributed by atoms with Gasteiger partial charge in [0.2, 0.25) is 0 Å². The zero-order chi connectivity index (χ0) is 10.7. The van der Waals surface area contributed by atoms with E-state index < -0.39 is 0 Å². The molecule has 1 aromatic rings. The summed E-state index contributed by atoms with van der Waals surface area (Å²) in [6.07, 6.45) is 4.03. The van der Waals surface area contributed by atoms with Gasteiger partial charge in [-0.05, 0) is 19.3 Å². The molecule has 0 aromatic carbocycles. The van der Waals surface area contributed by atoms with Crippen molar-refractivity contribution in [1.29, 1.82) is 0 Å². The molecule has 0 radical (unpaired) electrons. The lowest BCUT2D eigenvalue weighted by Crippen LogP contribution is -2.12. The van der Waals surface area contributed by atoms with Crippen molar-refractivity contribution < 1.29 is 4.74 Å². The summed E-state index contributed by atoms with van der Waals surface area (Å²) in [5.41, 5.74) is 0.936. The molecule has 15 heavy (non-hydrogen) atoms. The molecule has 0 bridgehead atoms. The van der Waals surface area contributed by atoms with Crippen molar-refractivity contribution >= 4 is 0 Å². The van der Waals surface area contributed by atoms with Crippen LogP contribution in [0.2, 0.25) is 0 Å². The van der Waals surface area contributed by atoms with Gasteiger partial charge in [-0.25, -0.2) is 4.98 Å². The Morgan fingerprint density at radius 2 is 2.40 bits per heavy atom. The fourth-order valence-corrected chi connectivity index (χ4v) is 1.62. The number of ether oxygens (including phenoxy) is 1. The van der Waals surface area contributed by atoms with Crippen LogP contribution >= 0.6 is 0 Å². The Morgan fingerprint density at radius 3 is 3.07 bits per heavy atom. The first kappa shape index (κ1) is 10.4. The van der Waals surface area contributed by atoms with Crippen LogP contribution in [0.5, 0.6) is 0 Å². The second-order valence-electron chi connectivity index (χ2n) is 3.99. The molecule has 0 unspecified atom stereocenters. The lowest BCUT2D eigenvalue weighted by Gasteiger charge is -2.02. The number of rotatable bonds is 5. The predicted molar refractivity (Wildman–Crippen MR) is 57.0 cm³/mol. The van der Waals surface area contributed by atoms with Crippen LogP contribution < -0.4 is 5.56 Å². The van der Waals surface area contributed by atoms with Gasteiger partial charge in [0.15, 0.2) is 0 Å². The molecule has 4 heteroatoms. The van der Waals surface area contributed by atoms with E-state index in [2.05, 4.69) is 9.97 Å². The topological polar surface area (TPSA) is 55.0 Å². The van der Waals surface area contributed by atoms with Crippen molar-refractivity contribution in [1.82, 2.24) is 9.97 Å². The first-order valence-electron chi connectivity index (χ1n) is 5.38. The average molecular weight is 208 g/mol. The van der Waals surface area contributed by atoms with Gasteiger partial charge >= 0.3 is 0 Å². The van der Waals surface area contributed by atoms with Gasteiger partial charge in [-0.15, -0.1) is 0 Å². The van der Waals surface area contributed by atoms with Crippen LogP contribution in [-0.2, 0) is 11.2 Å². The van der Waals surface area contributed by atoms with Crippen LogP contribution in [0, 0.1) is 0 Å². The number of hydrogen-bond acceptors (Lipinski definition) is 3. The molecule has 4 nitrogen and oxygen atoms in total. The largest absolute Gasteiger partial charge is 0.385 e. The average Bonchev–Trinajstić information content (AvgIpc) is 3.00. The molecule has 0 atom stereocenters. The summed E-state index contributed by atoms with van der Waals surface area (Å²) < 4.78 is 4.96. The van der Waals surface area contributed by atoms with Gasteiger partial charge in [-0.2, -0.15) is 0 Å². The molecule has 0 saturated heterocycles. The van der Waals surface area contributed by atoms with Crippen LogP contribution in [0.3, 0.4) is 0 Å². The van der Waals surface area contributed by atoms with E-state index in [-0.39, 0.29) is 5.56 Å². The summed E-state index contributed by atoms with van der Waals surface area (Å²) in [5, 5.41) is 0. The minimum Gasteiger partial charge on any atom is -0.385 e. The number of H-pyrrole nitrogens is 1. The molecule has 0 amide bonds. The maximum Gasteiger partial charge on any atom is 0.251 e. The fourth-order valence-electron chi connectivity index (χ4n) is 1.62. The van der Waals surface area contributed by atoms with E-state index in [9.17, 15) is 4.79 Å². The second-order valence-corrected chi connectivity index (χ2v) is 3.99. The molecule has 0 spiro atoms. The number of hydrogen-bond donors (Lipinski definition) is 1. The Kier molecular flexibility index (Phi) is 3.16. The highest BCUT2D eigenvalue weighted by atomic mass is 16.5. The van der Waals surface area contributed by atoms with Crippen molar-refractivity contribution in [3.63, 3.8) is 0 Å². The molecule has 82 valence electrons. The molecule has 1 N–H and O–H groups in total. The van der Waals surface area contributed by atoms with Gasteiger partial charge in [-0.3, -0.25) is 4.79 Å². The summed E-state index contributed by atoms with van der Waals surface area (Å²) in [5.74, 6) is 1.33. The van der Waals surface area contributed by atoms with Gasteiger partial charge in [0.05, 0.1) is 5.69 Å². The normalized spacial score (nSPS) is 15.5. The van der Waals surface area contributed by atoms with Gasteiger partial charge in [-0.1, -0.05) is 0 Å². The first-order chi connectivity index (χ1) is 7.29. The van der Waals surface area contributed by atoms with Gasteiger partial charge in [0.1, 0.15) is 5.82 Å². The molecule has 2 rings (SSSR count). The molecule has 0 aliphatic heterocycles. The van der Waals surface area contributed by atoms with Crippen LogP contribution in [0.15, 0.2) is 10.9 Å². The van der Waals surface area contributed by atoms with E-state index in [1.165, 1.54) is 12.8 Å². The monoisotopic (exact) mass is 208 g/mol. The number of nitrogens with zero attached hydrogens (tertiary/aromatic N) is 1. The van der Waals surface area contributed by atoms with Crippen molar-refractivity contribution in [2.45, 2.75) is 31.6 Å². The SMILES string of the molecule is COCCCc1nc(C2CC2)cc(=O)[nH]1. The molecule has 1 aliphatic rings.